The molecule has 0 N–H and O–H groups in total. The minimum absolute atomic E-state index is 0.438. The van der Waals surface area contributed by atoms with Gasteiger partial charge in [0.1, 0.15) is 0 Å². The van der Waals surface area contributed by atoms with Crippen molar-refractivity contribution in [3.63, 3.8) is 0 Å². The zero-order valence-electron chi connectivity index (χ0n) is 11.0. The fourth-order valence-electron chi connectivity index (χ4n) is 4.33. The molecule has 3 fully saturated rings. The minimum Gasteiger partial charge on any atom is -0.369 e. The Balaban J connectivity index is 1.83. The molecule has 0 aromatic heterocycles. The van der Waals surface area contributed by atoms with Crippen LogP contribution in [0, 0.1) is 23.2 Å². The molecule has 16 heavy (non-hydrogen) atoms. The Kier molecular flexibility index (Phi) is 2.58. The Morgan fingerprint density at radius 3 is 2.69 bits per heavy atom. The van der Waals surface area contributed by atoms with Gasteiger partial charge < -0.3 is 4.74 Å². The molecule has 2 saturated carbocycles. The smallest absolute Gasteiger partial charge is 0.0895 e. The van der Waals surface area contributed by atoms with Crippen LogP contribution >= 0.6 is 0 Å². The summed E-state index contributed by atoms with van der Waals surface area (Å²) >= 11 is 0. The highest BCUT2D eigenvalue weighted by molar-refractivity contribution is 5.01. The Hall–Kier alpha value is -0.0400. The summed E-state index contributed by atoms with van der Waals surface area (Å²) in [5.74, 6) is 2.86. The van der Waals surface area contributed by atoms with Crippen LogP contribution in [0.1, 0.15) is 59.3 Å². The summed E-state index contributed by atoms with van der Waals surface area (Å²) in [7, 11) is 0. The highest BCUT2D eigenvalue weighted by Gasteiger charge is 2.54. The molecule has 0 aromatic carbocycles. The standard InChI is InChI=1S/C15H26O/c1-10-7-8-13-14(16-13)15(2,3)12-6-4-5-11(10)9-12/h10-14H,4-9H2,1-3H3. The van der Waals surface area contributed by atoms with Crippen molar-refractivity contribution in [2.45, 2.75) is 71.5 Å². The maximum atomic E-state index is 5.95. The average Bonchev–Trinajstić information content (AvgIpc) is 3.05. The molecule has 0 spiro atoms. The van der Waals surface area contributed by atoms with Crippen molar-refractivity contribution in [1.29, 1.82) is 0 Å². The monoisotopic (exact) mass is 222 g/mol. The van der Waals surface area contributed by atoms with Crippen LogP contribution < -0.4 is 0 Å². The van der Waals surface area contributed by atoms with Gasteiger partial charge in [0.15, 0.2) is 0 Å². The van der Waals surface area contributed by atoms with Gasteiger partial charge in [-0.3, -0.25) is 0 Å². The molecule has 1 saturated heterocycles. The number of fused-ring (bicyclic) bond motifs is 3. The van der Waals surface area contributed by atoms with Crippen LogP contribution in [0.5, 0.6) is 0 Å². The summed E-state index contributed by atoms with van der Waals surface area (Å²) in [5, 5.41) is 0. The summed E-state index contributed by atoms with van der Waals surface area (Å²) in [5.41, 5.74) is 0.438. The van der Waals surface area contributed by atoms with Crippen molar-refractivity contribution in [1.82, 2.24) is 0 Å². The number of hydrogen-bond acceptors (Lipinski definition) is 1. The minimum atomic E-state index is 0.438. The van der Waals surface area contributed by atoms with E-state index in [1.54, 1.807) is 0 Å². The summed E-state index contributed by atoms with van der Waals surface area (Å²) in [6.45, 7) is 7.39. The van der Waals surface area contributed by atoms with E-state index in [1.807, 2.05) is 0 Å². The Morgan fingerprint density at radius 1 is 1.06 bits per heavy atom. The van der Waals surface area contributed by atoms with E-state index in [2.05, 4.69) is 20.8 Å². The molecule has 1 heteroatoms. The summed E-state index contributed by atoms with van der Waals surface area (Å²) in [6, 6.07) is 0. The fourth-order valence-corrected chi connectivity index (χ4v) is 4.33. The van der Waals surface area contributed by atoms with E-state index in [9.17, 15) is 0 Å². The molecule has 2 aliphatic carbocycles. The van der Waals surface area contributed by atoms with Crippen LogP contribution in [0.3, 0.4) is 0 Å². The molecular weight excluding hydrogens is 196 g/mol. The van der Waals surface area contributed by atoms with Crippen molar-refractivity contribution < 1.29 is 4.74 Å². The van der Waals surface area contributed by atoms with Gasteiger partial charge in [0.25, 0.3) is 0 Å². The van der Waals surface area contributed by atoms with Gasteiger partial charge in [-0.1, -0.05) is 33.6 Å². The molecule has 3 rings (SSSR count). The van der Waals surface area contributed by atoms with E-state index in [0.717, 1.165) is 17.8 Å². The fraction of sp³-hybridized carbons (Fsp3) is 1.00. The van der Waals surface area contributed by atoms with Gasteiger partial charge in [0, 0.05) is 0 Å². The van der Waals surface area contributed by atoms with E-state index in [4.69, 9.17) is 4.74 Å². The zero-order valence-corrected chi connectivity index (χ0v) is 11.0. The maximum Gasteiger partial charge on any atom is 0.0895 e. The molecule has 1 aliphatic heterocycles. The number of epoxide rings is 1. The van der Waals surface area contributed by atoms with Gasteiger partial charge in [0.05, 0.1) is 12.2 Å². The third-order valence-electron chi connectivity index (χ3n) is 5.79. The molecule has 92 valence electrons. The molecule has 5 unspecified atom stereocenters. The zero-order chi connectivity index (χ0) is 11.3. The van der Waals surface area contributed by atoms with Crippen molar-refractivity contribution in [3.8, 4) is 0 Å². The molecule has 0 amide bonds. The van der Waals surface area contributed by atoms with Gasteiger partial charge in [-0.05, 0) is 48.9 Å². The van der Waals surface area contributed by atoms with Crippen molar-refractivity contribution >= 4 is 0 Å². The van der Waals surface area contributed by atoms with Crippen molar-refractivity contribution in [2.24, 2.45) is 23.2 Å². The Labute approximate surface area is 99.9 Å². The molecular formula is C15H26O. The van der Waals surface area contributed by atoms with Crippen molar-refractivity contribution in [2.75, 3.05) is 0 Å². The van der Waals surface area contributed by atoms with E-state index >= 15 is 0 Å². The van der Waals surface area contributed by atoms with Gasteiger partial charge in [-0.15, -0.1) is 0 Å². The molecule has 3 aliphatic rings. The second-order valence-corrected chi connectivity index (χ2v) is 7.09. The van der Waals surface area contributed by atoms with Crippen LogP contribution in [0.15, 0.2) is 0 Å². The van der Waals surface area contributed by atoms with Crippen LogP contribution in [0.25, 0.3) is 0 Å². The Bertz CT molecular complexity index is 271. The number of ether oxygens (including phenoxy) is 1. The molecule has 2 bridgehead atoms. The quantitative estimate of drug-likeness (QED) is 0.564. The lowest BCUT2D eigenvalue weighted by Gasteiger charge is -2.40. The van der Waals surface area contributed by atoms with Crippen molar-refractivity contribution in [3.05, 3.63) is 0 Å². The predicted octanol–water partition coefficient (Wildman–Crippen LogP) is 4.02. The third-order valence-corrected chi connectivity index (χ3v) is 5.79. The second kappa shape index (κ2) is 3.73. The van der Waals surface area contributed by atoms with Gasteiger partial charge in [-0.25, -0.2) is 0 Å². The first-order valence-corrected chi connectivity index (χ1v) is 7.24. The SMILES string of the molecule is CC1CCC2OC2C(C)(C)C2CCCC1C2. The van der Waals surface area contributed by atoms with E-state index in [-0.39, 0.29) is 0 Å². The van der Waals surface area contributed by atoms with Crippen LogP contribution in [-0.2, 0) is 4.74 Å². The van der Waals surface area contributed by atoms with Gasteiger partial charge in [0.2, 0.25) is 0 Å². The van der Waals surface area contributed by atoms with Crippen LogP contribution in [0.4, 0.5) is 0 Å². The van der Waals surface area contributed by atoms with Crippen LogP contribution in [0.2, 0.25) is 0 Å². The molecule has 0 radical (unpaired) electrons. The normalized spacial score (nSPS) is 50.8. The largest absolute Gasteiger partial charge is 0.369 e. The first-order valence-electron chi connectivity index (χ1n) is 7.24. The summed E-state index contributed by atoms with van der Waals surface area (Å²) < 4.78 is 5.95. The highest BCUT2D eigenvalue weighted by Crippen LogP contribution is 2.53. The van der Waals surface area contributed by atoms with Crippen LogP contribution in [-0.4, -0.2) is 12.2 Å². The van der Waals surface area contributed by atoms with E-state index in [1.165, 1.54) is 38.5 Å². The van der Waals surface area contributed by atoms with Gasteiger partial charge in [-0.2, -0.15) is 0 Å². The van der Waals surface area contributed by atoms with E-state index < -0.39 is 0 Å². The third kappa shape index (κ3) is 1.72. The number of rotatable bonds is 0. The molecule has 5 atom stereocenters. The van der Waals surface area contributed by atoms with E-state index in [0.29, 0.717) is 17.6 Å². The highest BCUT2D eigenvalue weighted by atomic mass is 16.6. The lowest BCUT2D eigenvalue weighted by Crippen LogP contribution is -2.34. The topological polar surface area (TPSA) is 12.5 Å². The first kappa shape index (κ1) is 11.1. The average molecular weight is 222 g/mol. The maximum absolute atomic E-state index is 5.95. The summed E-state index contributed by atoms with van der Waals surface area (Å²) in [6.07, 6.45) is 9.78. The molecule has 0 aromatic rings. The van der Waals surface area contributed by atoms with Gasteiger partial charge >= 0.3 is 0 Å². The first-order chi connectivity index (χ1) is 7.59. The molecule has 1 nitrogen and oxygen atoms in total. The lowest BCUT2D eigenvalue weighted by molar-refractivity contribution is 0.0741. The second-order valence-electron chi connectivity index (χ2n) is 7.09. The lowest BCUT2D eigenvalue weighted by atomic mass is 9.65. The predicted molar refractivity (Wildman–Crippen MR) is 66.3 cm³/mol. The number of hydrogen-bond donors (Lipinski definition) is 0. The summed E-state index contributed by atoms with van der Waals surface area (Å²) in [4.78, 5) is 0. The Morgan fingerprint density at radius 2 is 1.88 bits per heavy atom. The molecule has 1 heterocycles.